The number of carbonyl (C=O) groups excluding carboxylic acids is 1. The van der Waals surface area contributed by atoms with Crippen molar-refractivity contribution in [2.75, 3.05) is 25.9 Å². The maximum Gasteiger partial charge on any atom is 0.253 e. The third-order valence-electron chi connectivity index (χ3n) is 4.83. The highest BCUT2D eigenvalue weighted by atomic mass is 35.5. The smallest absolute Gasteiger partial charge is 0.253 e. The van der Waals surface area contributed by atoms with E-state index < -0.39 is 0 Å². The molecule has 0 aliphatic carbocycles. The molecule has 1 atom stereocenters. The van der Waals surface area contributed by atoms with Crippen LogP contribution in [0, 0.1) is 5.92 Å². The van der Waals surface area contributed by atoms with Crippen molar-refractivity contribution in [2.45, 2.75) is 36.6 Å². The first-order valence-corrected chi connectivity index (χ1v) is 9.17. The van der Waals surface area contributed by atoms with Gasteiger partial charge in [0.15, 0.2) is 0 Å². The average Bonchev–Trinajstić information content (AvgIpc) is 3.09. The minimum atomic E-state index is 0. The number of hydrogen-bond donors (Lipinski definition) is 1. The van der Waals surface area contributed by atoms with Gasteiger partial charge in [-0.15, -0.1) is 24.2 Å². The lowest BCUT2D eigenvalue weighted by molar-refractivity contribution is 0.0674. The molecular weight excluding hydrogens is 316 g/mol. The first-order valence-electron chi connectivity index (χ1n) is 7.94. The first-order chi connectivity index (χ1) is 10.3. The molecule has 0 spiro atoms. The number of carbonyl (C=O) groups is 1. The normalized spacial score (nSPS) is 22.4. The first kappa shape index (κ1) is 17.6. The van der Waals surface area contributed by atoms with E-state index in [2.05, 4.69) is 11.6 Å². The molecule has 1 aromatic carbocycles. The summed E-state index contributed by atoms with van der Waals surface area (Å²) in [6.45, 7) is 2.99. The Labute approximate surface area is 143 Å². The number of nitrogens with zero attached hydrogens (tertiary/aromatic N) is 1. The number of nitrogens with one attached hydrogen (secondary N) is 1. The second-order valence-corrected chi connectivity index (χ2v) is 6.94. The molecule has 122 valence electrons. The Kier molecular flexibility index (Phi) is 6.60. The molecule has 2 heterocycles. The van der Waals surface area contributed by atoms with Crippen molar-refractivity contribution in [2.24, 2.45) is 5.92 Å². The van der Waals surface area contributed by atoms with E-state index in [9.17, 15) is 4.79 Å². The van der Waals surface area contributed by atoms with Gasteiger partial charge in [0.05, 0.1) is 0 Å². The Morgan fingerprint density at radius 3 is 2.41 bits per heavy atom. The molecule has 1 unspecified atom stereocenters. The van der Waals surface area contributed by atoms with E-state index >= 15 is 0 Å². The second kappa shape index (κ2) is 8.23. The van der Waals surface area contributed by atoms with Gasteiger partial charge in [-0.25, -0.2) is 0 Å². The zero-order valence-electron chi connectivity index (χ0n) is 13.1. The number of halogens is 1. The van der Waals surface area contributed by atoms with Gasteiger partial charge in [0.25, 0.3) is 5.91 Å². The van der Waals surface area contributed by atoms with Gasteiger partial charge in [0.1, 0.15) is 0 Å². The number of likely N-dealkylation sites (tertiary alicyclic amines) is 1. The Morgan fingerprint density at radius 1 is 1.18 bits per heavy atom. The van der Waals surface area contributed by atoms with Crippen molar-refractivity contribution >= 4 is 30.1 Å². The van der Waals surface area contributed by atoms with Crippen LogP contribution < -0.4 is 5.32 Å². The molecule has 5 heteroatoms. The highest BCUT2D eigenvalue weighted by molar-refractivity contribution is 7.98. The van der Waals surface area contributed by atoms with Crippen LogP contribution in [0.5, 0.6) is 0 Å². The van der Waals surface area contributed by atoms with Gasteiger partial charge in [0.2, 0.25) is 0 Å². The van der Waals surface area contributed by atoms with E-state index in [1.807, 2.05) is 29.2 Å². The maximum atomic E-state index is 12.5. The van der Waals surface area contributed by atoms with Crippen molar-refractivity contribution in [3.05, 3.63) is 29.8 Å². The quantitative estimate of drug-likeness (QED) is 0.855. The summed E-state index contributed by atoms with van der Waals surface area (Å²) >= 11 is 1.71. The van der Waals surface area contributed by atoms with Crippen LogP contribution in [-0.4, -0.2) is 42.7 Å². The summed E-state index contributed by atoms with van der Waals surface area (Å²) in [5.74, 6) is 0.955. The minimum Gasteiger partial charge on any atom is -0.339 e. The van der Waals surface area contributed by atoms with E-state index in [1.54, 1.807) is 11.8 Å². The van der Waals surface area contributed by atoms with Crippen molar-refractivity contribution in [3.8, 4) is 0 Å². The lowest BCUT2D eigenvalue weighted by Gasteiger charge is -2.35. The molecule has 3 nitrogen and oxygen atoms in total. The Hall–Kier alpha value is -0.710. The third kappa shape index (κ3) is 3.98. The molecule has 1 amide bonds. The summed E-state index contributed by atoms with van der Waals surface area (Å²) in [5, 5.41) is 3.61. The van der Waals surface area contributed by atoms with E-state index in [4.69, 9.17) is 0 Å². The zero-order valence-corrected chi connectivity index (χ0v) is 14.7. The molecule has 3 rings (SSSR count). The van der Waals surface area contributed by atoms with Gasteiger partial charge in [-0.2, -0.15) is 0 Å². The fraction of sp³-hybridized carbons (Fsp3) is 0.588. The van der Waals surface area contributed by atoms with E-state index in [0.717, 1.165) is 37.4 Å². The van der Waals surface area contributed by atoms with Gasteiger partial charge in [-0.05, 0) is 68.7 Å². The van der Waals surface area contributed by atoms with E-state index in [1.165, 1.54) is 24.3 Å². The predicted molar refractivity (Wildman–Crippen MR) is 95.1 cm³/mol. The van der Waals surface area contributed by atoms with Crippen molar-refractivity contribution in [3.63, 3.8) is 0 Å². The molecule has 0 radical (unpaired) electrons. The summed E-state index contributed by atoms with van der Waals surface area (Å²) in [7, 11) is 0. The Morgan fingerprint density at radius 2 is 1.86 bits per heavy atom. The molecule has 2 saturated heterocycles. The maximum absolute atomic E-state index is 12.5. The Balaban J connectivity index is 0.00000176. The summed E-state index contributed by atoms with van der Waals surface area (Å²) < 4.78 is 0. The zero-order chi connectivity index (χ0) is 14.7. The highest BCUT2D eigenvalue weighted by Crippen LogP contribution is 2.26. The molecular formula is C17H25ClN2OS. The number of piperidine rings is 1. The highest BCUT2D eigenvalue weighted by Gasteiger charge is 2.30. The molecule has 2 fully saturated rings. The Bertz CT molecular complexity index is 480. The average molecular weight is 341 g/mol. The van der Waals surface area contributed by atoms with Crippen molar-refractivity contribution in [1.82, 2.24) is 10.2 Å². The molecule has 1 aromatic rings. The molecule has 22 heavy (non-hydrogen) atoms. The van der Waals surface area contributed by atoms with Crippen LogP contribution in [0.3, 0.4) is 0 Å². The van der Waals surface area contributed by atoms with E-state index in [0.29, 0.717) is 6.04 Å². The molecule has 1 N–H and O–H groups in total. The molecule has 2 aliphatic heterocycles. The fourth-order valence-corrected chi connectivity index (χ4v) is 3.94. The predicted octanol–water partition coefficient (Wildman–Crippen LogP) is 3.43. The lowest BCUT2D eigenvalue weighted by atomic mass is 9.88. The molecule has 0 saturated carbocycles. The van der Waals surface area contributed by atoms with Gasteiger partial charge in [0, 0.05) is 29.6 Å². The van der Waals surface area contributed by atoms with Crippen molar-refractivity contribution in [1.29, 1.82) is 0 Å². The largest absolute Gasteiger partial charge is 0.339 e. The number of rotatable bonds is 3. The van der Waals surface area contributed by atoms with Crippen LogP contribution in [0.4, 0.5) is 0 Å². The third-order valence-corrected chi connectivity index (χ3v) is 5.57. The van der Waals surface area contributed by atoms with Crippen LogP contribution >= 0.6 is 24.2 Å². The van der Waals surface area contributed by atoms with Crippen LogP contribution in [0.25, 0.3) is 0 Å². The van der Waals surface area contributed by atoms with Gasteiger partial charge in [-0.3, -0.25) is 4.79 Å². The van der Waals surface area contributed by atoms with Crippen LogP contribution in [0.15, 0.2) is 29.2 Å². The van der Waals surface area contributed by atoms with Gasteiger partial charge < -0.3 is 10.2 Å². The number of benzene rings is 1. The van der Waals surface area contributed by atoms with Gasteiger partial charge in [-0.1, -0.05) is 0 Å². The fourth-order valence-electron chi connectivity index (χ4n) is 3.53. The number of hydrogen-bond acceptors (Lipinski definition) is 3. The molecule has 0 aromatic heterocycles. The van der Waals surface area contributed by atoms with Crippen molar-refractivity contribution < 1.29 is 4.79 Å². The molecule has 2 aliphatic rings. The van der Waals surface area contributed by atoms with Gasteiger partial charge >= 0.3 is 0 Å². The van der Waals surface area contributed by atoms with Crippen LogP contribution in [-0.2, 0) is 0 Å². The van der Waals surface area contributed by atoms with Crippen LogP contribution in [0.1, 0.15) is 36.0 Å². The second-order valence-electron chi connectivity index (χ2n) is 6.06. The standard InChI is InChI=1S/C17H24N2OS.ClH/c1-21-15-6-4-14(5-7-15)17(20)19-11-8-13(9-12-19)16-3-2-10-18-16;/h4-7,13,16,18H,2-3,8-12H2,1H3;1H. The summed E-state index contributed by atoms with van der Waals surface area (Å²) in [6, 6.07) is 8.68. The number of amides is 1. The van der Waals surface area contributed by atoms with Crippen LogP contribution in [0.2, 0.25) is 0 Å². The molecule has 0 bridgehead atoms. The topological polar surface area (TPSA) is 32.3 Å². The van der Waals surface area contributed by atoms with E-state index in [-0.39, 0.29) is 18.3 Å². The SMILES string of the molecule is CSc1ccc(C(=O)N2CCC(C3CCCN3)CC2)cc1.Cl. The summed E-state index contributed by atoms with van der Waals surface area (Å²) in [4.78, 5) is 15.8. The summed E-state index contributed by atoms with van der Waals surface area (Å²) in [6.07, 6.45) is 6.97. The summed E-state index contributed by atoms with van der Waals surface area (Å²) in [5.41, 5.74) is 0.824. The minimum absolute atomic E-state index is 0. The lowest BCUT2D eigenvalue weighted by Crippen LogP contribution is -2.43. The number of thioether (sulfide) groups is 1. The monoisotopic (exact) mass is 340 g/mol.